The molecule has 3 rings (SSSR count). The van der Waals surface area contributed by atoms with Crippen molar-refractivity contribution in [3.05, 3.63) is 42.2 Å². The average Bonchev–Trinajstić information content (AvgIpc) is 3.16. The summed E-state index contributed by atoms with van der Waals surface area (Å²) < 4.78 is 11.8. The van der Waals surface area contributed by atoms with Gasteiger partial charge in [-0.15, -0.1) is 0 Å². The molecule has 0 aliphatic carbocycles. The molecular weight excluding hydrogens is 418 g/mol. The molecule has 164 valence electrons. The van der Waals surface area contributed by atoms with Gasteiger partial charge in [-0.25, -0.2) is 9.97 Å². The monoisotopic (exact) mass is 443 g/mol. The van der Waals surface area contributed by atoms with Crippen LogP contribution in [-0.2, 0) is 31.4 Å². The van der Waals surface area contributed by atoms with Crippen LogP contribution in [0.3, 0.4) is 0 Å². The summed E-state index contributed by atoms with van der Waals surface area (Å²) in [6.45, 7) is 4.08. The second-order valence-corrected chi connectivity index (χ2v) is 7.58. The summed E-state index contributed by atoms with van der Waals surface area (Å²) in [5.41, 5.74) is 8.26. The fourth-order valence-electron chi connectivity index (χ4n) is 3.01. The van der Waals surface area contributed by atoms with Crippen LogP contribution < -0.4 is 5.73 Å². The molecule has 2 N–H and O–H groups in total. The summed E-state index contributed by atoms with van der Waals surface area (Å²) in [6.07, 6.45) is 1.80. The van der Waals surface area contributed by atoms with Crippen molar-refractivity contribution in [3.8, 4) is 0 Å². The summed E-state index contributed by atoms with van der Waals surface area (Å²) >= 11 is 1.52. The van der Waals surface area contributed by atoms with Gasteiger partial charge >= 0.3 is 11.9 Å². The molecule has 0 saturated heterocycles. The van der Waals surface area contributed by atoms with E-state index in [4.69, 9.17) is 15.2 Å². The van der Waals surface area contributed by atoms with Gasteiger partial charge < -0.3 is 19.8 Å². The number of benzene rings is 1. The first kappa shape index (κ1) is 22.5. The fourth-order valence-corrected chi connectivity index (χ4v) is 3.95. The van der Waals surface area contributed by atoms with Gasteiger partial charge in [-0.1, -0.05) is 42.1 Å². The molecule has 0 aliphatic rings. The Balaban J connectivity index is 1.78. The van der Waals surface area contributed by atoms with Gasteiger partial charge in [-0.2, -0.15) is 4.98 Å². The van der Waals surface area contributed by atoms with Crippen molar-refractivity contribution >= 4 is 40.8 Å². The molecule has 1 aromatic carbocycles. The van der Waals surface area contributed by atoms with Crippen LogP contribution in [0.4, 0.5) is 5.95 Å². The number of thioether (sulfide) groups is 1. The molecule has 0 spiro atoms. The molecule has 0 bridgehead atoms. The normalized spacial score (nSPS) is 11.1. The van der Waals surface area contributed by atoms with Crippen molar-refractivity contribution in [1.82, 2.24) is 19.5 Å². The highest BCUT2D eigenvalue weighted by Gasteiger charge is 2.29. The molecule has 2 heterocycles. The Labute approximate surface area is 184 Å². The van der Waals surface area contributed by atoms with Crippen molar-refractivity contribution in [2.24, 2.45) is 5.92 Å². The van der Waals surface area contributed by atoms with Gasteiger partial charge in [-0.3, -0.25) is 9.59 Å². The van der Waals surface area contributed by atoms with E-state index in [9.17, 15) is 9.59 Å². The lowest BCUT2D eigenvalue weighted by Crippen LogP contribution is -2.29. The SMILES string of the molecule is CCOC(=O)C(CCn1cnc2c(SCc3ccccc3)nc(N)nc21)C(=O)OCC. The van der Waals surface area contributed by atoms with E-state index in [0.717, 1.165) is 5.56 Å². The maximum absolute atomic E-state index is 12.2. The Morgan fingerprint density at radius 1 is 1.10 bits per heavy atom. The van der Waals surface area contributed by atoms with Gasteiger partial charge in [0.25, 0.3) is 0 Å². The highest BCUT2D eigenvalue weighted by atomic mass is 32.2. The first-order valence-corrected chi connectivity index (χ1v) is 11.0. The number of nitrogens with two attached hydrogens (primary N) is 1. The topological polar surface area (TPSA) is 122 Å². The zero-order chi connectivity index (χ0) is 22.2. The number of aryl methyl sites for hydroxylation is 1. The zero-order valence-electron chi connectivity index (χ0n) is 17.5. The Morgan fingerprint density at radius 3 is 2.42 bits per heavy atom. The number of ether oxygens (including phenoxy) is 2. The number of nitrogen functional groups attached to an aromatic ring is 1. The number of rotatable bonds is 10. The lowest BCUT2D eigenvalue weighted by Gasteiger charge is -2.14. The van der Waals surface area contributed by atoms with Crippen LogP contribution in [0.2, 0.25) is 0 Å². The second kappa shape index (κ2) is 10.8. The van der Waals surface area contributed by atoms with Crippen LogP contribution in [-0.4, -0.2) is 44.7 Å². The maximum Gasteiger partial charge on any atom is 0.320 e. The largest absolute Gasteiger partial charge is 0.465 e. The van der Waals surface area contributed by atoms with E-state index in [1.165, 1.54) is 11.8 Å². The number of aromatic nitrogens is 4. The van der Waals surface area contributed by atoms with Crippen molar-refractivity contribution in [2.75, 3.05) is 18.9 Å². The van der Waals surface area contributed by atoms with Crippen molar-refractivity contribution in [2.45, 2.75) is 37.6 Å². The summed E-state index contributed by atoms with van der Waals surface area (Å²) in [6, 6.07) is 10.0. The molecule has 0 amide bonds. The summed E-state index contributed by atoms with van der Waals surface area (Å²) in [7, 11) is 0. The molecule has 0 fully saturated rings. The number of imidazole rings is 1. The Kier molecular flexibility index (Phi) is 7.82. The van der Waals surface area contributed by atoms with Crippen LogP contribution in [0, 0.1) is 5.92 Å². The van der Waals surface area contributed by atoms with Crippen molar-refractivity contribution < 1.29 is 19.1 Å². The van der Waals surface area contributed by atoms with Crippen LogP contribution >= 0.6 is 11.8 Å². The van der Waals surface area contributed by atoms with Gasteiger partial charge in [-0.05, 0) is 25.8 Å². The molecule has 0 atom stereocenters. The molecule has 3 aromatic rings. The minimum absolute atomic E-state index is 0.136. The maximum atomic E-state index is 12.2. The Morgan fingerprint density at radius 2 is 1.77 bits per heavy atom. The molecule has 10 heteroatoms. The third-order valence-corrected chi connectivity index (χ3v) is 5.50. The van der Waals surface area contributed by atoms with E-state index in [2.05, 4.69) is 15.0 Å². The number of carbonyl (C=O) groups excluding carboxylic acids is 2. The fraction of sp³-hybridized carbons (Fsp3) is 0.381. The molecule has 31 heavy (non-hydrogen) atoms. The molecule has 0 radical (unpaired) electrons. The first-order chi connectivity index (χ1) is 15.0. The lowest BCUT2D eigenvalue weighted by molar-refractivity contribution is -0.162. The van der Waals surface area contributed by atoms with E-state index in [0.29, 0.717) is 28.5 Å². The number of hydrogen-bond donors (Lipinski definition) is 1. The number of esters is 2. The summed E-state index contributed by atoms with van der Waals surface area (Å²) in [5, 5.41) is 0.678. The van der Waals surface area contributed by atoms with Gasteiger partial charge in [0.1, 0.15) is 10.5 Å². The smallest absolute Gasteiger partial charge is 0.320 e. The zero-order valence-corrected chi connectivity index (χ0v) is 18.3. The number of fused-ring (bicyclic) bond motifs is 1. The van der Waals surface area contributed by atoms with E-state index in [-0.39, 0.29) is 25.6 Å². The van der Waals surface area contributed by atoms with Crippen molar-refractivity contribution in [1.29, 1.82) is 0 Å². The van der Waals surface area contributed by atoms with Gasteiger partial charge in [0, 0.05) is 12.3 Å². The highest BCUT2D eigenvalue weighted by molar-refractivity contribution is 7.98. The molecule has 9 nitrogen and oxygen atoms in total. The quantitative estimate of drug-likeness (QED) is 0.218. The highest BCUT2D eigenvalue weighted by Crippen LogP contribution is 2.28. The third kappa shape index (κ3) is 5.72. The van der Waals surface area contributed by atoms with E-state index in [1.54, 1.807) is 24.7 Å². The number of nitrogens with zero attached hydrogens (tertiary/aromatic N) is 4. The molecule has 0 saturated carbocycles. The number of carbonyl (C=O) groups is 2. The molecule has 0 unspecified atom stereocenters. The molecular formula is C21H25N5O4S. The lowest BCUT2D eigenvalue weighted by atomic mass is 10.1. The molecule has 2 aromatic heterocycles. The summed E-state index contributed by atoms with van der Waals surface area (Å²) in [5.74, 6) is -1.36. The summed E-state index contributed by atoms with van der Waals surface area (Å²) in [4.78, 5) is 37.5. The van der Waals surface area contributed by atoms with Crippen LogP contribution in [0.25, 0.3) is 11.2 Å². The van der Waals surface area contributed by atoms with Gasteiger partial charge in [0.05, 0.1) is 19.5 Å². The Hall–Kier alpha value is -3.14. The number of anilines is 1. The van der Waals surface area contributed by atoms with E-state index in [1.807, 2.05) is 30.3 Å². The number of hydrogen-bond acceptors (Lipinski definition) is 9. The predicted molar refractivity (Wildman–Crippen MR) is 117 cm³/mol. The Bertz CT molecular complexity index is 1020. The predicted octanol–water partition coefficient (Wildman–Crippen LogP) is 2.83. The van der Waals surface area contributed by atoms with Crippen LogP contribution in [0.5, 0.6) is 0 Å². The van der Waals surface area contributed by atoms with E-state index >= 15 is 0 Å². The van der Waals surface area contributed by atoms with E-state index < -0.39 is 17.9 Å². The van der Waals surface area contributed by atoms with Crippen molar-refractivity contribution in [3.63, 3.8) is 0 Å². The minimum atomic E-state index is -1.01. The third-order valence-electron chi connectivity index (χ3n) is 4.47. The minimum Gasteiger partial charge on any atom is -0.465 e. The second-order valence-electron chi connectivity index (χ2n) is 6.62. The van der Waals surface area contributed by atoms with Crippen LogP contribution in [0.15, 0.2) is 41.7 Å². The van der Waals surface area contributed by atoms with Gasteiger partial charge in [0.2, 0.25) is 5.95 Å². The van der Waals surface area contributed by atoms with Gasteiger partial charge in [0.15, 0.2) is 11.6 Å². The average molecular weight is 444 g/mol. The standard InChI is InChI=1S/C21H25N5O4S/c1-3-29-19(27)15(20(28)30-4-2)10-11-26-13-23-16-17(26)24-21(22)25-18(16)31-12-14-8-6-5-7-9-14/h5-9,13,15H,3-4,10-12H2,1-2H3,(H2,22,24,25). The molecule has 0 aliphatic heterocycles. The van der Waals surface area contributed by atoms with Crippen LogP contribution in [0.1, 0.15) is 25.8 Å². The first-order valence-electron chi connectivity index (χ1n) is 10.0.